The van der Waals surface area contributed by atoms with Gasteiger partial charge in [0.15, 0.2) is 0 Å². The number of nitrogens with zero attached hydrogens (tertiary/aromatic N) is 3. The lowest BCUT2D eigenvalue weighted by molar-refractivity contribution is 0.203. The third-order valence-corrected chi connectivity index (χ3v) is 4.92. The number of urea groups is 1. The maximum Gasteiger partial charge on any atom is 0.317 e. The summed E-state index contributed by atoms with van der Waals surface area (Å²) in [6.45, 7) is 5.34. The fourth-order valence-electron chi connectivity index (χ4n) is 2.79. The number of benzene rings is 1. The van der Waals surface area contributed by atoms with Gasteiger partial charge in [-0.05, 0) is 25.5 Å². The monoisotopic (exact) mass is 318 g/mol. The minimum atomic E-state index is 0.0764. The third kappa shape index (κ3) is 3.38. The molecule has 0 unspecified atom stereocenters. The molecule has 0 radical (unpaired) electrons. The molecule has 1 saturated heterocycles. The lowest BCUT2D eigenvalue weighted by Crippen LogP contribution is -2.44. The summed E-state index contributed by atoms with van der Waals surface area (Å²) in [5.41, 5.74) is 2.20. The second kappa shape index (κ2) is 7.05. The van der Waals surface area contributed by atoms with Crippen molar-refractivity contribution in [1.29, 1.82) is 0 Å². The van der Waals surface area contributed by atoms with Gasteiger partial charge in [-0.25, -0.2) is 9.78 Å². The molecule has 2 amide bonds. The first-order valence-electron chi connectivity index (χ1n) is 7.78. The molecule has 2 aromatic rings. The second-order valence-corrected chi connectivity index (χ2v) is 6.71. The van der Waals surface area contributed by atoms with Crippen molar-refractivity contribution >= 4 is 28.8 Å². The largest absolute Gasteiger partial charge is 0.338 e. The van der Waals surface area contributed by atoms with Gasteiger partial charge in [0.25, 0.3) is 0 Å². The van der Waals surface area contributed by atoms with Crippen molar-refractivity contribution < 1.29 is 4.79 Å². The average molecular weight is 318 g/mol. The average Bonchev–Trinajstić information content (AvgIpc) is 2.88. The van der Waals surface area contributed by atoms with E-state index in [0.717, 1.165) is 48.9 Å². The van der Waals surface area contributed by atoms with Gasteiger partial charge in [-0.15, -0.1) is 0 Å². The first-order valence-corrected chi connectivity index (χ1v) is 8.93. The number of imidazole rings is 1. The number of carbonyl (C=O) groups excluding carboxylic acids is 1. The first-order chi connectivity index (χ1) is 10.8. The number of nitrogens with one attached hydrogen (secondary N) is 1. The van der Waals surface area contributed by atoms with E-state index >= 15 is 0 Å². The van der Waals surface area contributed by atoms with Gasteiger partial charge in [0.2, 0.25) is 0 Å². The van der Waals surface area contributed by atoms with E-state index in [-0.39, 0.29) is 6.03 Å². The topological polar surface area (TPSA) is 50.2 Å². The highest BCUT2D eigenvalue weighted by molar-refractivity contribution is 7.99. The van der Waals surface area contributed by atoms with Crippen LogP contribution >= 0.6 is 11.8 Å². The van der Waals surface area contributed by atoms with Crippen LogP contribution in [0.5, 0.6) is 0 Å². The van der Waals surface area contributed by atoms with Gasteiger partial charge in [0.05, 0.1) is 11.0 Å². The Morgan fingerprint density at radius 3 is 2.91 bits per heavy atom. The highest BCUT2D eigenvalue weighted by Gasteiger charge is 2.15. The number of fused-ring (bicyclic) bond motifs is 1. The summed E-state index contributed by atoms with van der Waals surface area (Å²) in [7, 11) is 0. The number of para-hydroxylation sites is 2. The van der Waals surface area contributed by atoms with E-state index in [4.69, 9.17) is 0 Å². The molecular weight excluding hydrogens is 296 g/mol. The van der Waals surface area contributed by atoms with Crippen LogP contribution in [-0.2, 0) is 6.54 Å². The van der Waals surface area contributed by atoms with Gasteiger partial charge >= 0.3 is 6.03 Å². The van der Waals surface area contributed by atoms with Crippen LogP contribution in [0, 0.1) is 6.92 Å². The molecule has 22 heavy (non-hydrogen) atoms. The van der Waals surface area contributed by atoms with Gasteiger partial charge in [0.1, 0.15) is 5.82 Å². The molecule has 1 aliphatic heterocycles. The van der Waals surface area contributed by atoms with Crippen LogP contribution in [-0.4, -0.2) is 51.6 Å². The first kappa shape index (κ1) is 15.2. The molecule has 0 saturated carbocycles. The quantitative estimate of drug-likeness (QED) is 0.881. The fourth-order valence-corrected chi connectivity index (χ4v) is 3.69. The van der Waals surface area contributed by atoms with Crippen LogP contribution in [0.2, 0.25) is 0 Å². The molecule has 2 heterocycles. The Morgan fingerprint density at radius 1 is 1.32 bits per heavy atom. The number of hydrogen-bond donors (Lipinski definition) is 1. The third-order valence-electron chi connectivity index (χ3n) is 3.98. The minimum absolute atomic E-state index is 0.0764. The summed E-state index contributed by atoms with van der Waals surface area (Å²) in [5.74, 6) is 3.13. The Labute approximate surface area is 135 Å². The van der Waals surface area contributed by atoms with Crippen molar-refractivity contribution in [3.63, 3.8) is 0 Å². The lowest BCUT2D eigenvalue weighted by atomic mass is 10.3. The van der Waals surface area contributed by atoms with E-state index in [9.17, 15) is 4.79 Å². The highest BCUT2D eigenvalue weighted by atomic mass is 32.2. The summed E-state index contributed by atoms with van der Waals surface area (Å²) in [6, 6.07) is 8.26. The molecule has 1 aliphatic rings. The number of carbonyl (C=O) groups is 1. The van der Waals surface area contributed by atoms with Crippen LogP contribution in [0.4, 0.5) is 4.79 Å². The van der Waals surface area contributed by atoms with E-state index in [2.05, 4.69) is 20.9 Å². The number of hydrogen-bond acceptors (Lipinski definition) is 3. The van der Waals surface area contributed by atoms with Crippen LogP contribution in [0.25, 0.3) is 11.0 Å². The Hall–Kier alpha value is -1.69. The predicted molar refractivity (Wildman–Crippen MR) is 91.4 cm³/mol. The van der Waals surface area contributed by atoms with Crippen molar-refractivity contribution in [3.05, 3.63) is 30.1 Å². The molecular formula is C16H22N4OS. The van der Waals surface area contributed by atoms with Crippen molar-refractivity contribution in [2.24, 2.45) is 0 Å². The van der Waals surface area contributed by atoms with E-state index in [1.54, 1.807) is 0 Å². The standard InChI is InChI=1S/C16H22N4OS/c1-13-18-14-5-2-3-6-15(14)20(13)8-4-7-17-16(21)19-9-11-22-12-10-19/h2-3,5-6H,4,7-12H2,1H3,(H,17,21). The van der Waals surface area contributed by atoms with Crippen LogP contribution in [0.1, 0.15) is 12.2 Å². The molecule has 1 N–H and O–H groups in total. The molecule has 3 rings (SSSR count). The summed E-state index contributed by atoms with van der Waals surface area (Å²) in [6.07, 6.45) is 0.912. The zero-order valence-electron chi connectivity index (χ0n) is 12.9. The minimum Gasteiger partial charge on any atom is -0.338 e. The zero-order valence-corrected chi connectivity index (χ0v) is 13.7. The smallest absolute Gasteiger partial charge is 0.317 e. The number of rotatable bonds is 4. The van der Waals surface area contributed by atoms with Gasteiger partial charge in [0, 0.05) is 37.7 Å². The molecule has 5 nitrogen and oxygen atoms in total. The summed E-state index contributed by atoms with van der Waals surface area (Å²) >= 11 is 1.91. The van der Waals surface area contributed by atoms with Crippen LogP contribution in [0.15, 0.2) is 24.3 Å². The Morgan fingerprint density at radius 2 is 2.09 bits per heavy atom. The van der Waals surface area contributed by atoms with E-state index in [1.807, 2.05) is 41.8 Å². The second-order valence-electron chi connectivity index (χ2n) is 5.48. The van der Waals surface area contributed by atoms with Crippen LogP contribution < -0.4 is 5.32 Å². The summed E-state index contributed by atoms with van der Waals surface area (Å²) < 4.78 is 2.22. The van der Waals surface area contributed by atoms with Crippen molar-refractivity contribution in [2.75, 3.05) is 31.1 Å². The molecule has 0 atom stereocenters. The Balaban J connectivity index is 1.50. The molecule has 1 aromatic carbocycles. The number of amides is 2. The van der Waals surface area contributed by atoms with Crippen molar-refractivity contribution in [3.8, 4) is 0 Å². The van der Waals surface area contributed by atoms with E-state index in [1.165, 1.54) is 5.52 Å². The SMILES string of the molecule is Cc1nc2ccccc2n1CCCNC(=O)N1CCSCC1. The Kier molecular flexibility index (Phi) is 4.87. The lowest BCUT2D eigenvalue weighted by Gasteiger charge is -2.26. The predicted octanol–water partition coefficient (Wildman–Crippen LogP) is 2.49. The van der Waals surface area contributed by atoms with Crippen LogP contribution in [0.3, 0.4) is 0 Å². The zero-order chi connectivity index (χ0) is 15.4. The normalized spacial score (nSPS) is 15.2. The van der Waals surface area contributed by atoms with Gasteiger partial charge in [-0.2, -0.15) is 11.8 Å². The number of aromatic nitrogens is 2. The molecule has 0 aliphatic carbocycles. The van der Waals surface area contributed by atoms with Crippen molar-refractivity contribution in [1.82, 2.24) is 19.8 Å². The van der Waals surface area contributed by atoms with E-state index < -0.39 is 0 Å². The molecule has 118 valence electrons. The maximum atomic E-state index is 12.0. The van der Waals surface area contributed by atoms with Gasteiger partial charge in [-0.1, -0.05) is 12.1 Å². The number of thioether (sulfide) groups is 1. The highest BCUT2D eigenvalue weighted by Crippen LogP contribution is 2.15. The fraction of sp³-hybridized carbons (Fsp3) is 0.500. The summed E-state index contributed by atoms with van der Waals surface area (Å²) in [4.78, 5) is 18.5. The molecule has 0 spiro atoms. The van der Waals surface area contributed by atoms with E-state index in [0.29, 0.717) is 6.54 Å². The molecule has 1 fully saturated rings. The molecule has 0 bridgehead atoms. The van der Waals surface area contributed by atoms with Gasteiger partial charge in [-0.3, -0.25) is 0 Å². The maximum absolute atomic E-state index is 12.0. The summed E-state index contributed by atoms with van der Waals surface area (Å²) in [5, 5.41) is 3.03. The number of aryl methyl sites for hydroxylation is 2. The van der Waals surface area contributed by atoms with Crippen molar-refractivity contribution in [2.45, 2.75) is 19.9 Å². The molecule has 1 aromatic heterocycles. The van der Waals surface area contributed by atoms with Gasteiger partial charge < -0.3 is 14.8 Å². The molecule has 6 heteroatoms. The Bertz CT molecular complexity index is 649.